The summed E-state index contributed by atoms with van der Waals surface area (Å²) in [5.41, 5.74) is 1.89. The van der Waals surface area contributed by atoms with Crippen molar-refractivity contribution in [2.45, 2.75) is 50.2 Å². The average Bonchev–Trinajstić information content (AvgIpc) is 3.54. The largest absolute Gasteiger partial charge is 0.383 e. The topological polar surface area (TPSA) is 86.9 Å². The molecule has 3 heterocycles. The monoisotopic (exact) mass is 498 g/mol. The van der Waals surface area contributed by atoms with Crippen molar-refractivity contribution in [3.05, 3.63) is 71.0 Å². The molecule has 35 heavy (non-hydrogen) atoms. The summed E-state index contributed by atoms with van der Waals surface area (Å²) in [6, 6.07) is 7.42. The van der Waals surface area contributed by atoms with Crippen LogP contribution in [0.25, 0.3) is 5.52 Å². The quantitative estimate of drug-likeness (QED) is 0.560. The SMILES string of the molecule is O=C(N[C@@H]1CN(C(=O)c2cccn3cncc23)CC[C@H]1c1cc(F)cc(Cl)c1)[C@H](O)C1CCCC1. The second-order valence-corrected chi connectivity index (χ2v) is 10.00. The zero-order valence-corrected chi connectivity index (χ0v) is 20.0. The van der Waals surface area contributed by atoms with Crippen LogP contribution in [0.4, 0.5) is 4.39 Å². The maximum Gasteiger partial charge on any atom is 0.256 e. The van der Waals surface area contributed by atoms with E-state index in [0.29, 0.717) is 29.6 Å². The summed E-state index contributed by atoms with van der Waals surface area (Å²) in [5.74, 6) is -1.37. The Kier molecular flexibility index (Phi) is 6.75. The molecular formula is C26H28ClFN4O3. The molecule has 7 nitrogen and oxygen atoms in total. The number of carbonyl (C=O) groups excluding carboxylic acids is 2. The van der Waals surface area contributed by atoms with Crippen LogP contribution in [0.1, 0.15) is 53.9 Å². The number of aliphatic hydroxyl groups excluding tert-OH is 1. The molecule has 1 aliphatic heterocycles. The predicted octanol–water partition coefficient (Wildman–Crippen LogP) is 3.79. The molecule has 2 N–H and O–H groups in total. The third-order valence-electron chi connectivity index (χ3n) is 7.34. The number of fused-ring (bicyclic) bond motifs is 1. The van der Waals surface area contributed by atoms with Gasteiger partial charge in [0.05, 0.1) is 29.6 Å². The Hall–Kier alpha value is -2.97. The highest BCUT2D eigenvalue weighted by Crippen LogP contribution is 2.33. The minimum absolute atomic E-state index is 0.0575. The molecule has 0 radical (unpaired) electrons. The summed E-state index contributed by atoms with van der Waals surface area (Å²) in [6.07, 6.45) is 8.18. The molecule has 1 aromatic carbocycles. The summed E-state index contributed by atoms with van der Waals surface area (Å²) in [4.78, 5) is 32.3. The lowest BCUT2D eigenvalue weighted by molar-refractivity contribution is -0.133. The van der Waals surface area contributed by atoms with Gasteiger partial charge in [0.1, 0.15) is 11.9 Å². The fourth-order valence-corrected chi connectivity index (χ4v) is 5.76. The summed E-state index contributed by atoms with van der Waals surface area (Å²) in [5, 5.41) is 13.9. The first-order valence-corrected chi connectivity index (χ1v) is 12.4. The number of hydrogen-bond donors (Lipinski definition) is 2. The molecule has 0 spiro atoms. The van der Waals surface area contributed by atoms with E-state index in [1.807, 2.05) is 6.20 Å². The van der Waals surface area contributed by atoms with Crippen LogP contribution in [0.2, 0.25) is 5.02 Å². The maximum absolute atomic E-state index is 14.2. The van der Waals surface area contributed by atoms with Crippen LogP contribution in [0.3, 0.4) is 0 Å². The number of hydrogen-bond acceptors (Lipinski definition) is 4. The average molecular weight is 499 g/mol. The third-order valence-corrected chi connectivity index (χ3v) is 7.56. The van der Waals surface area contributed by atoms with Crippen molar-refractivity contribution in [2.75, 3.05) is 13.1 Å². The van der Waals surface area contributed by atoms with Gasteiger partial charge in [0.15, 0.2) is 0 Å². The van der Waals surface area contributed by atoms with Crippen LogP contribution in [0, 0.1) is 11.7 Å². The number of piperidine rings is 1. The van der Waals surface area contributed by atoms with Crippen LogP contribution in [0.15, 0.2) is 49.1 Å². The van der Waals surface area contributed by atoms with Gasteiger partial charge in [-0.2, -0.15) is 0 Å². The van der Waals surface area contributed by atoms with Gasteiger partial charge >= 0.3 is 0 Å². The van der Waals surface area contributed by atoms with E-state index >= 15 is 0 Å². The number of aliphatic hydroxyl groups is 1. The van der Waals surface area contributed by atoms with E-state index in [4.69, 9.17) is 11.6 Å². The molecular weight excluding hydrogens is 471 g/mol. The van der Waals surface area contributed by atoms with Crippen molar-refractivity contribution in [1.82, 2.24) is 19.6 Å². The molecule has 0 bridgehead atoms. The fraction of sp³-hybridized carbons (Fsp3) is 0.423. The van der Waals surface area contributed by atoms with Gasteiger partial charge in [-0.3, -0.25) is 9.59 Å². The van der Waals surface area contributed by atoms with Gasteiger partial charge in [-0.1, -0.05) is 24.4 Å². The van der Waals surface area contributed by atoms with Gasteiger partial charge in [-0.15, -0.1) is 0 Å². The highest BCUT2D eigenvalue weighted by Gasteiger charge is 2.37. The Morgan fingerprint density at radius 3 is 2.77 bits per heavy atom. The van der Waals surface area contributed by atoms with Crippen LogP contribution in [-0.2, 0) is 4.79 Å². The highest BCUT2D eigenvalue weighted by atomic mass is 35.5. The van der Waals surface area contributed by atoms with Gasteiger partial charge in [0, 0.05) is 30.2 Å². The zero-order chi connectivity index (χ0) is 24.5. The Labute approximate surface area is 207 Å². The van der Waals surface area contributed by atoms with Crippen molar-refractivity contribution in [3.63, 3.8) is 0 Å². The van der Waals surface area contributed by atoms with Gasteiger partial charge in [0.25, 0.3) is 5.91 Å². The molecule has 9 heteroatoms. The molecule has 1 aliphatic carbocycles. The van der Waals surface area contributed by atoms with E-state index in [2.05, 4.69) is 10.3 Å². The first kappa shape index (κ1) is 23.8. The van der Waals surface area contributed by atoms with Crippen molar-refractivity contribution in [1.29, 1.82) is 0 Å². The van der Waals surface area contributed by atoms with Crippen LogP contribution in [-0.4, -0.2) is 56.4 Å². The third kappa shape index (κ3) is 4.90. The molecule has 3 aromatic rings. The first-order valence-electron chi connectivity index (χ1n) is 12.0. The second-order valence-electron chi connectivity index (χ2n) is 9.56. The number of pyridine rings is 1. The molecule has 0 unspecified atom stereocenters. The molecule has 5 rings (SSSR count). The Balaban J connectivity index is 1.41. The number of amides is 2. The van der Waals surface area contributed by atoms with Crippen molar-refractivity contribution < 1.29 is 19.1 Å². The summed E-state index contributed by atoms with van der Waals surface area (Å²) >= 11 is 6.12. The maximum atomic E-state index is 14.2. The van der Waals surface area contributed by atoms with Crippen LogP contribution >= 0.6 is 11.6 Å². The normalized spacial score (nSPS) is 21.9. The summed E-state index contributed by atoms with van der Waals surface area (Å²) in [6.45, 7) is 0.667. The fourth-order valence-electron chi connectivity index (χ4n) is 5.53. The van der Waals surface area contributed by atoms with Gasteiger partial charge < -0.3 is 19.7 Å². The molecule has 184 valence electrons. The summed E-state index contributed by atoms with van der Waals surface area (Å²) < 4.78 is 15.9. The lowest BCUT2D eigenvalue weighted by Gasteiger charge is -2.40. The zero-order valence-electron chi connectivity index (χ0n) is 19.2. The highest BCUT2D eigenvalue weighted by molar-refractivity contribution is 6.30. The number of carbonyl (C=O) groups is 2. The molecule has 3 atom stereocenters. The molecule has 2 aromatic heterocycles. The Morgan fingerprint density at radius 2 is 2.00 bits per heavy atom. The molecule has 1 saturated carbocycles. The van der Waals surface area contributed by atoms with Gasteiger partial charge in [-0.05, 0) is 61.1 Å². The van der Waals surface area contributed by atoms with E-state index in [1.54, 1.807) is 40.0 Å². The predicted molar refractivity (Wildman–Crippen MR) is 130 cm³/mol. The van der Waals surface area contributed by atoms with E-state index in [0.717, 1.165) is 25.7 Å². The Morgan fingerprint density at radius 1 is 1.20 bits per heavy atom. The number of halogens is 2. The lowest BCUT2D eigenvalue weighted by Crippen LogP contribution is -2.55. The number of imidazole rings is 1. The molecule has 2 aliphatic rings. The number of aromatic nitrogens is 2. The minimum atomic E-state index is -1.10. The standard InChI is InChI=1S/C26H28ClFN4O3/c27-18-10-17(11-19(28)12-18)20-7-9-31(26(35)21-6-3-8-32-15-29-13-23(21)32)14-22(20)30-25(34)24(33)16-4-1-2-5-16/h3,6,8,10-13,15-16,20,22,24,33H,1-2,4-5,7,9,14H2,(H,30,34)/t20-,22+,24+/m0/s1. The van der Waals surface area contributed by atoms with Gasteiger partial charge in [-0.25, -0.2) is 9.37 Å². The second kappa shape index (κ2) is 9.95. The number of benzene rings is 1. The van der Waals surface area contributed by atoms with E-state index in [1.165, 1.54) is 12.1 Å². The minimum Gasteiger partial charge on any atom is -0.383 e. The Bertz CT molecular complexity index is 1220. The van der Waals surface area contributed by atoms with Crippen molar-refractivity contribution >= 4 is 28.9 Å². The van der Waals surface area contributed by atoms with Crippen LogP contribution in [0.5, 0.6) is 0 Å². The smallest absolute Gasteiger partial charge is 0.256 e. The molecule has 2 fully saturated rings. The lowest BCUT2D eigenvalue weighted by atomic mass is 9.84. The number of likely N-dealkylation sites (tertiary alicyclic amines) is 1. The van der Waals surface area contributed by atoms with Crippen molar-refractivity contribution in [2.24, 2.45) is 5.92 Å². The van der Waals surface area contributed by atoms with Crippen LogP contribution < -0.4 is 5.32 Å². The van der Waals surface area contributed by atoms with E-state index in [9.17, 15) is 19.1 Å². The number of nitrogens with one attached hydrogen (secondary N) is 1. The molecule has 2 amide bonds. The summed E-state index contributed by atoms with van der Waals surface area (Å²) in [7, 11) is 0. The van der Waals surface area contributed by atoms with E-state index in [-0.39, 0.29) is 29.3 Å². The number of nitrogens with zero attached hydrogens (tertiary/aromatic N) is 3. The number of rotatable bonds is 5. The van der Waals surface area contributed by atoms with Gasteiger partial charge in [0.2, 0.25) is 5.91 Å². The van der Waals surface area contributed by atoms with E-state index < -0.39 is 23.9 Å². The van der Waals surface area contributed by atoms with Crippen molar-refractivity contribution in [3.8, 4) is 0 Å². The first-order chi connectivity index (χ1) is 16.9. The molecule has 1 saturated heterocycles.